The van der Waals surface area contributed by atoms with Crippen LogP contribution in [0.2, 0.25) is 0 Å². The second kappa shape index (κ2) is 9.33. The highest BCUT2D eigenvalue weighted by Gasteiger charge is 2.47. The number of para-hydroxylation sites is 1. The molecule has 2 aromatic carbocycles. The predicted molar refractivity (Wildman–Crippen MR) is 127 cm³/mol. The van der Waals surface area contributed by atoms with Gasteiger partial charge in [0.2, 0.25) is 5.95 Å². The molecular weight excluding hydrogens is 475 g/mol. The Morgan fingerprint density at radius 1 is 1.19 bits per heavy atom. The number of aromatic nitrogens is 2. The zero-order valence-electron chi connectivity index (χ0n) is 20.1. The van der Waals surface area contributed by atoms with Crippen LogP contribution in [0.25, 0.3) is 11.1 Å². The van der Waals surface area contributed by atoms with Gasteiger partial charge in [0.15, 0.2) is 0 Å². The number of halogens is 3. The Morgan fingerprint density at radius 2 is 1.89 bits per heavy atom. The number of carbonyl (C=O) groups is 1. The van der Waals surface area contributed by atoms with Crippen LogP contribution in [0.3, 0.4) is 0 Å². The highest BCUT2D eigenvalue weighted by molar-refractivity contribution is 5.76. The number of fused-ring (bicyclic) bond motifs is 1. The number of alkyl halides is 3. The number of methoxy groups -OCH3 is 1. The maximum Gasteiger partial charge on any atom is 0.490 e. The fourth-order valence-electron chi connectivity index (χ4n) is 4.81. The molecule has 0 spiro atoms. The Labute approximate surface area is 205 Å². The van der Waals surface area contributed by atoms with Crippen LogP contribution in [0, 0.1) is 0 Å². The Hall–Kier alpha value is -3.82. The molecule has 190 valence electrons. The van der Waals surface area contributed by atoms with Gasteiger partial charge < -0.3 is 15.2 Å². The molecule has 4 rings (SSSR count). The number of carbonyl (C=O) groups excluding carboxylic acids is 1. The van der Waals surface area contributed by atoms with E-state index in [9.17, 15) is 22.8 Å². The van der Waals surface area contributed by atoms with Gasteiger partial charge in [0.25, 0.3) is 5.56 Å². The van der Waals surface area contributed by atoms with Gasteiger partial charge in [0, 0.05) is 18.0 Å². The van der Waals surface area contributed by atoms with Gasteiger partial charge in [0.05, 0.1) is 18.4 Å². The minimum Gasteiger partial charge on any atom is -0.496 e. The molecule has 0 aliphatic heterocycles. The van der Waals surface area contributed by atoms with E-state index in [1.807, 2.05) is 55.5 Å². The molecule has 1 aliphatic carbocycles. The van der Waals surface area contributed by atoms with Crippen LogP contribution in [-0.2, 0) is 28.4 Å². The largest absolute Gasteiger partial charge is 0.496 e. The summed E-state index contributed by atoms with van der Waals surface area (Å²) in [5, 5.41) is 0. The minimum absolute atomic E-state index is 0.0207. The summed E-state index contributed by atoms with van der Waals surface area (Å²) in [6, 6.07) is 15.4. The zero-order chi connectivity index (χ0) is 26.3. The average Bonchev–Trinajstić information content (AvgIpc) is 2.84. The minimum atomic E-state index is -5.18. The molecule has 0 amide bonds. The van der Waals surface area contributed by atoms with Gasteiger partial charge >= 0.3 is 12.1 Å². The number of nitrogens with two attached hydrogens (primary N) is 1. The van der Waals surface area contributed by atoms with Gasteiger partial charge in [-0.3, -0.25) is 9.36 Å². The van der Waals surface area contributed by atoms with Gasteiger partial charge in [-0.25, -0.2) is 9.78 Å². The molecule has 1 aliphatic rings. The normalized spacial score (nSPS) is 19.4. The van der Waals surface area contributed by atoms with Crippen molar-refractivity contribution in [2.24, 2.45) is 7.05 Å². The lowest BCUT2D eigenvalue weighted by Crippen LogP contribution is -2.41. The SMILES string of the molecule is COc1c(CC2(C)CCC(OC(=O)C(F)(F)F)c3c2nc(N)n(C)c3=O)cccc1-c1ccccc1. The second-order valence-corrected chi connectivity index (χ2v) is 9.13. The maximum atomic E-state index is 13.1. The van der Waals surface area contributed by atoms with E-state index in [0.29, 0.717) is 18.6 Å². The first-order valence-electron chi connectivity index (χ1n) is 11.3. The van der Waals surface area contributed by atoms with Crippen molar-refractivity contribution in [3.05, 3.63) is 75.7 Å². The summed E-state index contributed by atoms with van der Waals surface area (Å²) in [7, 11) is 2.94. The van der Waals surface area contributed by atoms with Gasteiger partial charge in [-0.1, -0.05) is 55.5 Å². The molecule has 0 saturated carbocycles. The molecule has 2 N–H and O–H groups in total. The Balaban J connectivity index is 1.80. The fraction of sp³-hybridized carbons (Fsp3) is 0.346. The van der Waals surface area contributed by atoms with E-state index in [2.05, 4.69) is 4.98 Å². The third kappa shape index (κ3) is 4.55. The van der Waals surface area contributed by atoms with Gasteiger partial charge in [0.1, 0.15) is 11.9 Å². The van der Waals surface area contributed by atoms with Crippen molar-refractivity contribution in [2.75, 3.05) is 12.8 Å². The summed E-state index contributed by atoms with van der Waals surface area (Å²) in [5.74, 6) is -1.79. The van der Waals surface area contributed by atoms with Crippen LogP contribution in [0.15, 0.2) is 53.3 Å². The summed E-state index contributed by atoms with van der Waals surface area (Å²) in [4.78, 5) is 29.1. The summed E-state index contributed by atoms with van der Waals surface area (Å²) in [6.07, 6.45) is -5.88. The second-order valence-electron chi connectivity index (χ2n) is 9.13. The van der Waals surface area contributed by atoms with Gasteiger partial charge in [-0.15, -0.1) is 0 Å². The molecule has 10 heteroatoms. The molecule has 7 nitrogen and oxygen atoms in total. The molecule has 0 radical (unpaired) electrons. The lowest BCUT2D eigenvalue weighted by Gasteiger charge is -2.38. The van der Waals surface area contributed by atoms with Crippen molar-refractivity contribution in [1.82, 2.24) is 9.55 Å². The van der Waals surface area contributed by atoms with E-state index < -0.39 is 29.2 Å². The van der Waals surface area contributed by atoms with E-state index in [0.717, 1.165) is 21.3 Å². The number of benzene rings is 2. The lowest BCUT2D eigenvalue weighted by molar-refractivity contribution is -0.206. The number of rotatable bonds is 5. The number of hydrogen-bond donors (Lipinski definition) is 1. The molecule has 0 fully saturated rings. The fourth-order valence-corrected chi connectivity index (χ4v) is 4.81. The monoisotopic (exact) mass is 501 g/mol. The van der Waals surface area contributed by atoms with Crippen LogP contribution in [-0.4, -0.2) is 28.8 Å². The molecule has 3 aromatic rings. The van der Waals surface area contributed by atoms with Crippen LogP contribution < -0.4 is 16.0 Å². The van der Waals surface area contributed by atoms with E-state index in [1.165, 1.54) is 7.05 Å². The quantitative estimate of drug-likeness (QED) is 0.518. The van der Waals surface area contributed by atoms with E-state index in [-0.39, 0.29) is 23.6 Å². The van der Waals surface area contributed by atoms with E-state index in [4.69, 9.17) is 15.2 Å². The molecule has 36 heavy (non-hydrogen) atoms. The van der Waals surface area contributed by atoms with Crippen molar-refractivity contribution in [3.8, 4) is 16.9 Å². The predicted octanol–water partition coefficient (Wildman–Crippen LogP) is 4.48. The molecule has 0 bridgehead atoms. The van der Waals surface area contributed by atoms with Crippen LogP contribution in [0.5, 0.6) is 5.75 Å². The first kappa shape index (κ1) is 25.3. The zero-order valence-corrected chi connectivity index (χ0v) is 20.1. The van der Waals surface area contributed by atoms with E-state index >= 15 is 0 Å². The number of ether oxygens (including phenoxy) is 2. The van der Waals surface area contributed by atoms with Crippen molar-refractivity contribution in [3.63, 3.8) is 0 Å². The number of hydrogen-bond acceptors (Lipinski definition) is 6. The van der Waals surface area contributed by atoms with Crippen molar-refractivity contribution in [2.45, 2.75) is 43.9 Å². The first-order chi connectivity index (χ1) is 17.0. The Kier molecular flexibility index (Phi) is 6.55. The number of esters is 1. The molecule has 1 heterocycles. The summed E-state index contributed by atoms with van der Waals surface area (Å²) in [5.41, 5.74) is 7.34. The van der Waals surface area contributed by atoms with Gasteiger partial charge in [-0.05, 0) is 30.4 Å². The van der Waals surface area contributed by atoms with Crippen molar-refractivity contribution in [1.29, 1.82) is 0 Å². The number of nitrogens with zero attached hydrogens (tertiary/aromatic N) is 2. The molecular formula is C26H26F3N3O4. The smallest absolute Gasteiger partial charge is 0.490 e. The highest BCUT2D eigenvalue weighted by Crippen LogP contribution is 2.46. The summed E-state index contributed by atoms with van der Waals surface area (Å²) in [6.45, 7) is 1.87. The summed E-state index contributed by atoms with van der Waals surface area (Å²) >= 11 is 0. The Morgan fingerprint density at radius 3 is 2.53 bits per heavy atom. The van der Waals surface area contributed by atoms with Crippen LogP contribution in [0.4, 0.5) is 19.1 Å². The maximum absolute atomic E-state index is 13.1. The van der Waals surface area contributed by atoms with Crippen LogP contribution >= 0.6 is 0 Å². The first-order valence-corrected chi connectivity index (χ1v) is 11.3. The Bertz CT molecular complexity index is 1360. The molecule has 0 saturated heterocycles. The van der Waals surface area contributed by atoms with Crippen molar-refractivity contribution < 1.29 is 27.4 Å². The van der Waals surface area contributed by atoms with Crippen molar-refractivity contribution >= 4 is 11.9 Å². The standard InChI is InChI=1S/C26H26F3N3O4/c1-25(14-16-10-7-11-17(20(16)35-3)15-8-5-4-6-9-15)13-12-18(36-23(34)26(27,28)29)19-21(25)31-24(30)32(2)22(19)33/h4-11,18H,12-14H2,1-3H3,(H2,30,31). The lowest BCUT2D eigenvalue weighted by atomic mass is 9.70. The molecule has 2 unspecified atom stereocenters. The summed E-state index contributed by atoms with van der Waals surface area (Å²) < 4.78 is 50.3. The molecule has 1 aromatic heterocycles. The average molecular weight is 502 g/mol. The number of anilines is 1. The molecule has 2 atom stereocenters. The number of nitrogen functional groups attached to an aromatic ring is 1. The van der Waals surface area contributed by atoms with E-state index in [1.54, 1.807) is 7.11 Å². The van der Waals surface area contributed by atoms with Gasteiger partial charge in [-0.2, -0.15) is 13.2 Å². The third-order valence-corrected chi connectivity index (χ3v) is 6.66. The highest BCUT2D eigenvalue weighted by atomic mass is 19.4. The van der Waals surface area contributed by atoms with Crippen LogP contribution in [0.1, 0.15) is 42.7 Å². The topological polar surface area (TPSA) is 96.4 Å². The third-order valence-electron chi connectivity index (χ3n) is 6.66.